The van der Waals surface area contributed by atoms with E-state index in [4.69, 9.17) is 5.73 Å². The van der Waals surface area contributed by atoms with Crippen molar-refractivity contribution in [2.45, 2.75) is 13.1 Å². The monoisotopic (exact) mass is 327 g/mol. The molecule has 1 heterocycles. The topological polar surface area (TPSA) is 85.8 Å². The molecule has 0 unspecified atom stereocenters. The van der Waals surface area contributed by atoms with Gasteiger partial charge in [0.15, 0.2) is 0 Å². The van der Waals surface area contributed by atoms with Gasteiger partial charge in [-0.05, 0) is 18.2 Å². The Morgan fingerprint density at radius 1 is 1.53 bits per heavy atom. The molecular weight excluding hydrogens is 317 g/mol. The molecule has 0 aliphatic heterocycles. The van der Waals surface area contributed by atoms with Crippen LogP contribution in [0.25, 0.3) is 0 Å². The van der Waals surface area contributed by atoms with Gasteiger partial charge in [0.05, 0.1) is 17.6 Å². The van der Waals surface area contributed by atoms with Gasteiger partial charge in [-0.3, -0.25) is 4.79 Å². The number of aromatic nitrogens is 3. The summed E-state index contributed by atoms with van der Waals surface area (Å²) in [5.74, 6) is -0.904. The highest BCUT2D eigenvalue weighted by Gasteiger charge is 2.09. The van der Waals surface area contributed by atoms with Crippen molar-refractivity contribution in [3.8, 4) is 0 Å². The Labute approximate surface area is 116 Å². The first-order valence-electron chi connectivity index (χ1n) is 5.42. The summed E-state index contributed by atoms with van der Waals surface area (Å²) in [4.78, 5) is 11.7. The van der Waals surface area contributed by atoms with Crippen LogP contribution in [0, 0.1) is 5.82 Å². The fourth-order valence-electron chi connectivity index (χ4n) is 1.44. The summed E-state index contributed by atoms with van der Waals surface area (Å²) in [5, 5.41) is 9.94. The molecule has 6 nitrogen and oxygen atoms in total. The first-order valence-corrected chi connectivity index (χ1v) is 6.22. The summed E-state index contributed by atoms with van der Waals surface area (Å²) in [6.45, 7) is 0.200. The van der Waals surface area contributed by atoms with Crippen LogP contribution >= 0.6 is 15.9 Å². The SMILES string of the molecule is NCc1cn(CC(=O)Nc2ccc(Br)cc2F)nn1. The van der Waals surface area contributed by atoms with Crippen LogP contribution in [0.15, 0.2) is 28.9 Å². The number of carbonyl (C=O) groups excluding carboxylic acids is 1. The number of benzene rings is 1. The van der Waals surface area contributed by atoms with E-state index < -0.39 is 11.7 Å². The lowest BCUT2D eigenvalue weighted by molar-refractivity contribution is -0.116. The molecule has 1 amide bonds. The van der Waals surface area contributed by atoms with E-state index in [0.717, 1.165) is 0 Å². The van der Waals surface area contributed by atoms with Crippen LogP contribution in [0.1, 0.15) is 5.69 Å². The normalized spacial score (nSPS) is 10.5. The summed E-state index contributed by atoms with van der Waals surface area (Å²) in [5.41, 5.74) is 6.08. The average Bonchev–Trinajstić information content (AvgIpc) is 2.80. The summed E-state index contributed by atoms with van der Waals surface area (Å²) in [6, 6.07) is 4.39. The quantitative estimate of drug-likeness (QED) is 0.885. The molecule has 0 spiro atoms. The minimum Gasteiger partial charge on any atom is -0.325 e. The van der Waals surface area contributed by atoms with Crippen LogP contribution in [0.2, 0.25) is 0 Å². The van der Waals surface area contributed by atoms with Crippen molar-refractivity contribution in [1.82, 2.24) is 15.0 Å². The first kappa shape index (κ1) is 13.6. The molecule has 19 heavy (non-hydrogen) atoms. The maximum absolute atomic E-state index is 13.5. The number of halogens is 2. The molecule has 0 fully saturated rings. The number of nitrogens with two attached hydrogens (primary N) is 1. The second-order valence-corrected chi connectivity index (χ2v) is 4.70. The van der Waals surface area contributed by atoms with E-state index in [1.165, 1.54) is 16.8 Å². The highest BCUT2D eigenvalue weighted by Crippen LogP contribution is 2.19. The fraction of sp³-hybridized carbons (Fsp3) is 0.182. The highest BCUT2D eigenvalue weighted by atomic mass is 79.9. The molecule has 0 aliphatic carbocycles. The molecule has 0 atom stereocenters. The van der Waals surface area contributed by atoms with E-state index in [1.54, 1.807) is 12.3 Å². The third-order valence-corrected chi connectivity index (χ3v) is 2.80. The third kappa shape index (κ3) is 3.58. The van der Waals surface area contributed by atoms with Crippen molar-refractivity contribution in [2.24, 2.45) is 5.73 Å². The lowest BCUT2D eigenvalue weighted by atomic mass is 10.3. The fourth-order valence-corrected chi connectivity index (χ4v) is 1.77. The molecule has 1 aromatic carbocycles. The van der Waals surface area contributed by atoms with Crippen LogP contribution in [-0.2, 0) is 17.9 Å². The van der Waals surface area contributed by atoms with E-state index in [1.807, 2.05) is 0 Å². The zero-order valence-electron chi connectivity index (χ0n) is 9.81. The van der Waals surface area contributed by atoms with Crippen molar-refractivity contribution in [3.05, 3.63) is 40.4 Å². The molecule has 8 heteroatoms. The van der Waals surface area contributed by atoms with Crippen molar-refractivity contribution in [1.29, 1.82) is 0 Å². The van der Waals surface area contributed by atoms with Crippen LogP contribution in [0.5, 0.6) is 0 Å². The van der Waals surface area contributed by atoms with Crippen molar-refractivity contribution >= 4 is 27.5 Å². The van der Waals surface area contributed by atoms with Crippen molar-refractivity contribution in [2.75, 3.05) is 5.32 Å². The maximum atomic E-state index is 13.5. The summed E-state index contributed by atoms with van der Waals surface area (Å²) < 4.78 is 15.5. The molecule has 0 aliphatic rings. The average molecular weight is 328 g/mol. The van der Waals surface area contributed by atoms with Crippen molar-refractivity contribution in [3.63, 3.8) is 0 Å². The standard InChI is InChI=1S/C11H11BrFN5O/c12-7-1-2-10(9(13)3-7)15-11(19)6-18-5-8(4-14)16-17-18/h1-3,5H,4,6,14H2,(H,15,19). The maximum Gasteiger partial charge on any atom is 0.246 e. The number of anilines is 1. The number of nitrogens with one attached hydrogen (secondary N) is 1. The van der Waals surface area contributed by atoms with Gasteiger partial charge in [-0.25, -0.2) is 9.07 Å². The Bertz CT molecular complexity index is 601. The van der Waals surface area contributed by atoms with Gasteiger partial charge in [0, 0.05) is 11.0 Å². The Hall–Kier alpha value is -1.80. The molecule has 0 bridgehead atoms. The van der Waals surface area contributed by atoms with E-state index in [2.05, 4.69) is 31.6 Å². The van der Waals surface area contributed by atoms with E-state index in [0.29, 0.717) is 10.2 Å². The summed E-state index contributed by atoms with van der Waals surface area (Å²) in [6.07, 6.45) is 1.57. The second-order valence-electron chi connectivity index (χ2n) is 3.78. The number of rotatable bonds is 4. The van der Waals surface area contributed by atoms with E-state index in [9.17, 15) is 9.18 Å². The smallest absolute Gasteiger partial charge is 0.246 e. The molecule has 0 saturated heterocycles. The van der Waals surface area contributed by atoms with Gasteiger partial charge in [0.2, 0.25) is 5.91 Å². The predicted octanol–water partition coefficient (Wildman–Crippen LogP) is 1.28. The Morgan fingerprint density at radius 3 is 2.95 bits per heavy atom. The predicted molar refractivity (Wildman–Crippen MR) is 70.6 cm³/mol. The van der Waals surface area contributed by atoms with Crippen LogP contribution < -0.4 is 11.1 Å². The number of carbonyl (C=O) groups is 1. The summed E-state index contributed by atoms with van der Waals surface area (Å²) >= 11 is 3.14. The van der Waals surface area contributed by atoms with Crippen LogP contribution in [0.4, 0.5) is 10.1 Å². The van der Waals surface area contributed by atoms with Crippen molar-refractivity contribution < 1.29 is 9.18 Å². The molecule has 1 aromatic heterocycles. The van der Waals surface area contributed by atoms with Gasteiger partial charge in [0.1, 0.15) is 12.4 Å². The molecular formula is C11H11BrFN5O. The highest BCUT2D eigenvalue weighted by molar-refractivity contribution is 9.10. The molecule has 0 saturated carbocycles. The lowest BCUT2D eigenvalue weighted by Crippen LogP contribution is -2.19. The number of nitrogens with zero attached hydrogens (tertiary/aromatic N) is 3. The third-order valence-electron chi connectivity index (χ3n) is 2.31. The van der Waals surface area contributed by atoms with E-state index >= 15 is 0 Å². The van der Waals surface area contributed by atoms with Gasteiger partial charge >= 0.3 is 0 Å². The molecule has 2 rings (SSSR count). The van der Waals surface area contributed by atoms with Gasteiger partial charge < -0.3 is 11.1 Å². The largest absolute Gasteiger partial charge is 0.325 e. The van der Waals surface area contributed by atoms with E-state index in [-0.39, 0.29) is 18.8 Å². The second kappa shape index (κ2) is 5.89. The minimum atomic E-state index is -0.510. The van der Waals surface area contributed by atoms with Gasteiger partial charge in [-0.2, -0.15) is 0 Å². The first-order chi connectivity index (χ1) is 9.08. The molecule has 0 radical (unpaired) electrons. The van der Waals surface area contributed by atoms with Crippen LogP contribution in [0.3, 0.4) is 0 Å². The lowest BCUT2D eigenvalue weighted by Gasteiger charge is -2.06. The van der Waals surface area contributed by atoms with Crippen LogP contribution in [-0.4, -0.2) is 20.9 Å². The Morgan fingerprint density at radius 2 is 2.32 bits per heavy atom. The summed E-state index contributed by atoms with van der Waals surface area (Å²) in [7, 11) is 0. The zero-order valence-corrected chi connectivity index (χ0v) is 11.4. The molecule has 2 aromatic rings. The Kier molecular flexibility index (Phi) is 4.23. The number of hydrogen-bond acceptors (Lipinski definition) is 4. The van der Waals surface area contributed by atoms with Gasteiger partial charge in [-0.15, -0.1) is 5.10 Å². The number of hydrogen-bond donors (Lipinski definition) is 2. The van der Waals surface area contributed by atoms with Gasteiger partial charge in [-0.1, -0.05) is 21.1 Å². The molecule has 100 valence electrons. The van der Waals surface area contributed by atoms with Gasteiger partial charge in [0.25, 0.3) is 0 Å². The zero-order chi connectivity index (χ0) is 13.8. The number of amides is 1. The minimum absolute atomic E-state index is 0.0531. The Balaban J connectivity index is 2.01. The molecule has 3 N–H and O–H groups in total.